The molecule has 4 aromatic carbocycles. The molecule has 2 N–H and O–H groups in total. The van der Waals surface area contributed by atoms with Crippen LogP contribution in [0.15, 0.2) is 90.3 Å². The van der Waals surface area contributed by atoms with Crippen LogP contribution in [0.5, 0.6) is 5.75 Å². The minimum absolute atomic E-state index is 0.152. The summed E-state index contributed by atoms with van der Waals surface area (Å²) >= 11 is 7.35. The highest BCUT2D eigenvalue weighted by Gasteiger charge is 2.36. The van der Waals surface area contributed by atoms with Crippen molar-refractivity contribution in [2.24, 2.45) is 0 Å². The fourth-order valence-corrected chi connectivity index (χ4v) is 7.43. The number of aromatic nitrogens is 1. The van der Waals surface area contributed by atoms with E-state index in [2.05, 4.69) is 15.6 Å². The number of methoxy groups -OCH3 is 1. The Morgan fingerprint density at radius 2 is 1.62 bits per heavy atom. The van der Waals surface area contributed by atoms with Gasteiger partial charge in [-0.15, -0.1) is 11.3 Å². The highest BCUT2D eigenvalue weighted by Crippen LogP contribution is 2.33. The highest BCUT2D eigenvalue weighted by molar-refractivity contribution is 7.92. The number of amides is 4. The predicted molar refractivity (Wildman–Crippen MR) is 201 cm³/mol. The van der Waals surface area contributed by atoms with Crippen molar-refractivity contribution in [2.45, 2.75) is 13.3 Å². The van der Waals surface area contributed by atoms with Gasteiger partial charge in [0.2, 0.25) is 21.8 Å². The van der Waals surface area contributed by atoms with E-state index in [0.717, 1.165) is 37.7 Å². The number of nitrogens with one attached hydrogen (secondary N) is 2. The Balaban J connectivity index is 1.07. The first-order valence-corrected chi connectivity index (χ1v) is 18.9. The molecule has 4 amide bonds. The minimum atomic E-state index is -3.87. The van der Waals surface area contributed by atoms with Crippen LogP contribution in [0, 0.1) is 6.92 Å². The third-order valence-electron chi connectivity index (χ3n) is 8.30. The largest absolute Gasteiger partial charge is 0.495 e. The molecule has 266 valence electrons. The van der Waals surface area contributed by atoms with Crippen molar-refractivity contribution in [3.63, 3.8) is 0 Å². The molecular weight excluding hydrogens is 726 g/mol. The predicted octanol–water partition coefficient (Wildman–Crippen LogP) is 6.01. The lowest BCUT2D eigenvalue weighted by Crippen LogP contribution is -2.37. The molecule has 0 aliphatic carbocycles. The van der Waals surface area contributed by atoms with Gasteiger partial charge >= 0.3 is 0 Å². The zero-order chi connectivity index (χ0) is 37.2. The number of hydrogen-bond donors (Lipinski definition) is 2. The second kappa shape index (κ2) is 15.0. The van der Waals surface area contributed by atoms with Crippen molar-refractivity contribution in [2.75, 3.05) is 41.4 Å². The number of fused-ring (bicyclic) bond motifs is 1. The molecule has 1 aliphatic rings. The molecule has 0 fully saturated rings. The van der Waals surface area contributed by atoms with Crippen LogP contribution in [-0.2, 0) is 26.0 Å². The van der Waals surface area contributed by atoms with Crippen molar-refractivity contribution >= 4 is 73.1 Å². The molecule has 0 saturated carbocycles. The van der Waals surface area contributed by atoms with Gasteiger partial charge in [-0.25, -0.2) is 13.4 Å². The quantitative estimate of drug-likeness (QED) is 0.147. The summed E-state index contributed by atoms with van der Waals surface area (Å²) in [6.07, 6.45) is 1.56. The second-order valence-electron chi connectivity index (χ2n) is 12.0. The fraction of sp³-hybridized carbons (Fsp3) is 0.162. The monoisotopic (exact) mass is 757 g/mol. The molecule has 0 unspecified atom stereocenters. The van der Waals surface area contributed by atoms with Crippen LogP contribution in [0.4, 0.5) is 16.5 Å². The summed E-state index contributed by atoms with van der Waals surface area (Å²) in [6, 6.07) is 24.2. The number of nitrogens with zero attached hydrogens (tertiary/aromatic N) is 3. The molecule has 2 heterocycles. The third kappa shape index (κ3) is 7.99. The van der Waals surface area contributed by atoms with E-state index in [1.165, 1.54) is 30.6 Å². The summed E-state index contributed by atoms with van der Waals surface area (Å²) in [5.74, 6) is -1.84. The molecule has 52 heavy (non-hydrogen) atoms. The van der Waals surface area contributed by atoms with Crippen molar-refractivity contribution in [3.8, 4) is 17.0 Å². The summed E-state index contributed by atoms with van der Waals surface area (Å²) < 4.78 is 31.6. The Hall–Kier alpha value is -5.57. The number of anilines is 3. The van der Waals surface area contributed by atoms with E-state index in [9.17, 15) is 27.6 Å². The van der Waals surface area contributed by atoms with Crippen LogP contribution in [0.25, 0.3) is 11.3 Å². The molecule has 5 aromatic rings. The van der Waals surface area contributed by atoms with Crippen LogP contribution in [-0.4, -0.2) is 68.4 Å². The number of carbonyl (C=O) groups excluding carboxylic acids is 4. The normalized spacial score (nSPS) is 12.4. The van der Waals surface area contributed by atoms with Gasteiger partial charge in [0.05, 0.1) is 35.9 Å². The molecule has 0 atom stereocenters. The van der Waals surface area contributed by atoms with Crippen molar-refractivity contribution < 1.29 is 32.3 Å². The van der Waals surface area contributed by atoms with Crippen molar-refractivity contribution in [1.82, 2.24) is 9.88 Å². The average Bonchev–Trinajstić information content (AvgIpc) is 3.67. The molecule has 0 saturated heterocycles. The molecular formula is C37H32ClN5O7S2. The number of halogens is 1. The first-order valence-electron chi connectivity index (χ1n) is 15.8. The maximum atomic E-state index is 13.1. The van der Waals surface area contributed by atoms with E-state index in [1.807, 2.05) is 43.3 Å². The number of hydrogen-bond acceptors (Lipinski definition) is 9. The molecule has 0 spiro atoms. The zero-order valence-corrected chi connectivity index (χ0v) is 30.6. The Morgan fingerprint density at radius 1 is 0.923 bits per heavy atom. The van der Waals surface area contributed by atoms with Crippen molar-refractivity contribution in [1.29, 1.82) is 0 Å². The molecule has 12 nitrogen and oxygen atoms in total. The Kier molecular flexibility index (Phi) is 10.4. The van der Waals surface area contributed by atoms with Gasteiger partial charge in [0.1, 0.15) is 18.8 Å². The van der Waals surface area contributed by atoms with E-state index in [4.69, 9.17) is 16.3 Å². The Bertz CT molecular complexity index is 2290. The van der Waals surface area contributed by atoms with Gasteiger partial charge in [-0.1, -0.05) is 54.1 Å². The Labute approximate surface area is 309 Å². The molecule has 6 rings (SSSR count). The lowest BCUT2D eigenvalue weighted by Gasteiger charge is -2.24. The van der Waals surface area contributed by atoms with Crippen LogP contribution < -0.4 is 19.7 Å². The number of thiazole rings is 1. The lowest BCUT2D eigenvalue weighted by atomic mass is 9.99. The molecule has 0 bridgehead atoms. The van der Waals surface area contributed by atoms with Crippen LogP contribution >= 0.6 is 22.9 Å². The third-order valence-corrected chi connectivity index (χ3v) is 10.4. The number of carbonyl (C=O) groups is 4. The second-order valence-corrected chi connectivity index (χ2v) is 15.2. The first-order chi connectivity index (χ1) is 24.8. The molecule has 0 radical (unpaired) electrons. The van der Waals surface area contributed by atoms with E-state index < -0.39 is 46.7 Å². The van der Waals surface area contributed by atoms with E-state index in [1.54, 1.807) is 41.8 Å². The Morgan fingerprint density at radius 3 is 2.27 bits per heavy atom. The average molecular weight is 758 g/mol. The van der Waals surface area contributed by atoms with Crippen LogP contribution in [0.3, 0.4) is 0 Å². The van der Waals surface area contributed by atoms with Gasteiger partial charge < -0.3 is 15.4 Å². The fourth-order valence-electron chi connectivity index (χ4n) is 5.67. The van der Waals surface area contributed by atoms with Crippen LogP contribution in [0.2, 0.25) is 5.02 Å². The van der Waals surface area contributed by atoms with Gasteiger partial charge in [-0.3, -0.25) is 28.4 Å². The molecule has 1 aromatic heterocycles. The SMILES string of the molecule is COc1ccc(Cl)cc1N(CC(=O)Nc1ccc(C)c(Cc2ccc(-c3csc(NC(=O)CN4C(=O)c5ccccc5C4=O)n3)cc2)c1)S(C)(=O)=O. The maximum absolute atomic E-state index is 13.1. The standard InChI is InChI=1S/C37H32ClN5O7S2/c1-22-8-14-27(39-34(45)20-43(52(3,48)49)31-18-26(38)13-15-32(31)50-2)17-25(22)16-23-9-11-24(12-10-23)30-21-51-37(40-30)41-33(44)19-42-35(46)28-6-4-5-7-29(28)36(42)47/h4-15,17-18,21H,16,19-20H2,1-3H3,(H,39,45)(H,40,41,44). The van der Waals surface area contributed by atoms with Gasteiger partial charge in [-0.2, -0.15) is 0 Å². The number of aryl methyl sites for hydroxylation is 1. The summed E-state index contributed by atoms with van der Waals surface area (Å²) in [5, 5.41) is 7.91. The van der Waals surface area contributed by atoms with E-state index >= 15 is 0 Å². The van der Waals surface area contributed by atoms with Gasteiger partial charge in [0.25, 0.3) is 11.8 Å². The molecule has 15 heteroatoms. The van der Waals surface area contributed by atoms with Gasteiger partial charge in [-0.05, 0) is 72.5 Å². The summed E-state index contributed by atoms with van der Waals surface area (Å²) in [6.45, 7) is 1.05. The maximum Gasteiger partial charge on any atom is 0.262 e. The topological polar surface area (TPSA) is 155 Å². The zero-order valence-electron chi connectivity index (χ0n) is 28.2. The minimum Gasteiger partial charge on any atom is -0.495 e. The summed E-state index contributed by atoms with van der Waals surface area (Å²) in [4.78, 5) is 56.5. The van der Waals surface area contributed by atoms with E-state index in [0.29, 0.717) is 28.0 Å². The summed E-state index contributed by atoms with van der Waals surface area (Å²) in [5.41, 5.74) is 5.64. The number of ether oxygens (including phenoxy) is 1. The van der Waals surface area contributed by atoms with Gasteiger partial charge in [0.15, 0.2) is 5.13 Å². The first kappa shape index (κ1) is 36.2. The van der Waals surface area contributed by atoms with Crippen molar-refractivity contribution in [3.05, 3.63) is 123 Å². The smallest absolute Gasteiger partial charge is 0.262 e. The number of benzene rings is 4. The molecule has 1 aliphatic heterocycles. The highest BCUT2D eigenvalue weighted by atomic mass is 35.5. The van der Waals surface area contributed by atoms with E-state index in [-0.39, 0.29) is 22.6 Å². The lowest BCUT2D eigenvalue weighted by molar-refractivity contribution is -0.116. The number of imide groups is 1. The number of rotatable bonds is 12. The van der Waals surface area contributed by atoms with Gasteiger partial charge in [0, 0.05) is 21.7 Å². The summed E-state index contributed by atoms with van der Waals surface area (Å²) in [7, 11) is -2.47. The number of sulfonamides is 1. The van der Waals surface area contributed by atoms with Crippen LogP contribution in [0.1, 0.15) is 37.4 Å².